The number of sulfone groups is 1. The predicted molar refractivity (Wildman–Crippen MR) is 65.9 cm³/mol. The Morgan fingerprint density at radius 3 is 2.57 bits per heavy atom. The van der Waals surface area contributed by atoms with Gasteiger partial charge in [-0.15, -0.1) is 0 Å². The van der Waals surface area contributed by atoms with Crippen LogP contribution in [0.5, 0.6) is 0 Å². The highest BCUT2D eigenvalue weighted by Gasteiger charge is 2.46. The van der Waals surface area contributed by atoms with Gasteiger partial charge in [-0.1, -0.05) is 12.1 Å². The summed E-state index contributed by atoms with van der Waals surface area (Å²) >= 11 is 0. The van der Waals surface area contributed by atoms with Gasteiger partial charge in [0.05, 0.1) is 17.6 Å². The molecule has 1 aliphatic rings. The van der Waals surface area contributed by atoms with Crippen molar-refractivity contribution in [3.05, 3.63) is 29.8 Å². The lowest BCUT2D eigenvalue weighted by molar-refractivity contribution is -0.132. The highest BCUT2D eigenvalue weighted by molar-refractivity contribution is 7.92. The maximum absolute atomic E-state index is 12.5. The smallest absolute Gasteiger partial charge is 0.370 e. The zero-order chi connectivity index (χ0) is 15.7. The molecule has 1 aromatic carbocycles. The third kappa shape index (κ3) is 3.35. The SMILES string of the molecule is O=CN1CC(OCc2cccc(S(=O)(=O)C(F)(F)F)c2)C1. The van der Waals surface area contributed by atoms with Crippen LogP contribution in [0, 0.1) is 0 Å². The Bertz CT molecular complexity index is 624. The molecule has 0 bridgehead atoms. The number of nitrogens with zero attached hydrogens (tertiary/aromatic N) is 1. The standard InChI is InChI=1S/C12H12F3NO4S/c13-12(14,15)21(18,19)11-3-1-2-9(4-11)7-20-10-5-16(6-10)8-17/h1-4,8,10H,5-7H2. The minimum atomic E-state index is -5.35. The van der Waals surface area contributed by atoms with Gasteiger partial charge in [0.15, 0.2) is 0 Å². The van der Waals surface area contributed by atoms with Crippen LogP contribution in [0.25, 0.3) is 0 Å². The van der Waals surface area contributed by atoms with Crippen molar-refractivity contribution in [2.45, 2.75) is 23.1 Å². The Labute approximate surface area is 119 Å². The van der Waals surface area contributed by atoms with E-state index >= 15 is 0 Å². The van der Waals surface area contributed by atoms with Crippen LogP contribution >= 0.6 is 0 Å². The predicted octanol–water partition coefficient (Wildman–Crippen LogP) is 1.34. The lowest BCUT2D eigenvalue weighted by Crippen LogP contribution is -2.51. The van der Waals surface area contributed by atoms with Crippen LogP contribution in [-0.4, -0.2) is 44.4 Å². The topological polar surface area (TPSA) is 63.7 Å². The average Bonchev–Trinajstić information content (AvgIpc) is 2.36. The van der Waals surface area contributed by atoms with Gasteiger partial charge < -0.3 is 9.64 Å². The number of carbonyl (C=O) groups is 1. The second kappa shape index (κ2) is 5.64. The monoisotopic (exact) mass is 323 g/mol. The molecule has 0 spiro atoms. The molecule has 1 aromatic rings. The van der Waals surface area contributed by atoms with Gasteiger partial charge in [-0.05, 0) is 17.7 Å². The Morgan fingerprint density at radius 1 is 1.33 bits per heavy atom. The van der Waals surface area contributed by atoms with Crippen molar-refractivity contribution in [3.8, 4) is 0 Å². The normalized spacial score (nSPS) is 16.6. The molecule has 1 saturated heterocycles. The Kier molecular flexibility index (Phi) is 4.24. The largest absolute Gasteiger partial charge is 0.501 e. The Morgan fingerprint density at radius 2 is 2.00 bits per heavy atom. The van der Waals surface area contributed by atoms with E-state index in [2.05, 4.69) is 0 Å². The Balaban J connectivity index is 2.04. The highest BCUT2D eigenvalue weighted by atomic mass is 32.2. The van der Waals surface area contributed by atoms with Crippen molar-refractivity contribution in [1.29, 1.82) is 0 Å². The summed E-state index contributed by atoms with van der Waals surface area (Å²) in [5, 5.41) is 0. The molecule has 1 fully saturated rings. The van der Waals surface area contributed by atoms with Crippen molar-refractivity contribution in [2.24, 2.45) is 0 Å². The van der Waals surface area contributed by atoms with Gasteiger partial charge in [-0.25, -0.2) is 8.42 Å². The highest BCUT2D eigenvalue weighted by Crippen LogP contribution is 2.30. The lowest BCUT2D eigenvalue weighted by Gasteiger charge is -2.35. The molecule has 1 aliphatic heterocycles. The van der Waals surface area contributed by atoms with E-state index in [1.54, 1.807) is 0 Å². The molecule has 2 rings (SSSR count). The minimum Gasteiger partial charge on any atom is -0.370 e. The van der Waals surface area contributed by atoms with E-state index in [1.165, 1.54) is 17.0 Å². The lowest BCUT2D eigenvalue weighted by atomic mass is 10.2. The molecule has 0 aromatic heterocycles. The number of ether oxygens (including phenoxy) is 1. The summed E-state index contributed by atoms with van der Waals surface area (Å²) in [4.78, 5) is 11.0. The maximum Gasteiger partial charge on any atom is 0.501 e. The average molecular weight is 323 g/mol. The van der Waals surface area contributed by atoms with Gasteiger partial charge in [-0.3, -0.25) is 4.79 Å². The number of benzene rings is 1. The maximum atomic E-state index is 12.5. The third-order valence-electron chi connectivity index (χ3n) is 3.02. The fourth-order valence-electron chi connectivity index (χ4n) is 1.81. The molecule has 0 unspecified atom stereocenters. The van der Waals surface area contributed by atoms with Gasteiger partial charge in [-0.2, -0.15) is 13.2 Å². The number of likely N-dealkylation sites (tertiary alicyclic amines) is 1. The van der Waals surface area contributed by atoms with Gasteiger partial charge in [0.2, 0.25) is 6.41 Å². The zero-order valence-corrected chi connectivity index (χ0v) is 11.5. The number of halogens is 3. The van der Waals surface area contributed by atoms with Crippen LogP contribution in [-0.2, 0) is 26.0 Å². The molecule has 0 N–H and O–H groups in total. The summed E-state index contributed by atoms with van der Waals surface area (Å²) in [6.45, 7) is 0.826. The van der Waals surface area contributed by atoms with Crippen LogP contribution in [0.15, 0.2) is 29.2 Å². The molecule has 1 heterocycles. The molecule has 21 heavy (non-hydrogen) atoms. The number of carbonyl (C=O) groups excluding carboxylic acids is 1. The molecule has 5 nitrogen and oxygen atoms in total. The molecule has 1 amide bonds. The second-order valence-corrected chi connectivity index (χ2v) is 6.53. The van der Waals surface area contributed by atoms with Crippen LogP contribution in [0.1, 0.15) is 5.56 Å². The summed E-state index contributed by atoms with van der Waals surface area (Å²) in [5.74, 6) is 0. The molecule has 0 atom stereocenters. The van der Waals surface area contributed by atoms with Crippen LogP contribution in [0.2, 0.25) is 0 Å². The molecule has 0 aliphatic carbocycles. The summed E-state index contributed by atoms with van der Waals surface area (Å²) in [6, 6.07) is 4.55. The quantitative estimate of drug-likeness (QED) is 0.767. The van der Waals surface area contributed by atoms with Crippen LogP contribution in [0.4, 0.5) is 13.2 Å². The van der Waals surface area contributed by atoms with Gasteiger partial charge in [0, 0.05) is 13.1 Å². The van der Waals surface area contributed by atoms with E-state index in [0.717, 1.165) is 12.1 Å². The van der Waals surface area contributed by atoms with Crippen molar-refractivity contribution < 1.29 is 31.1 Å². The summed E-state index contributed by atoms with van der Waals surface area (Å²) in [6.07, 6.45) is 0.495. The molecule has 116 valence electrons. The van der Waals surface area contributed by atoms with Crippen molar-refractivity contribution in [2.75, 3.05) is 13.1 Å². The number of amides is 1. The van der Waals surface area contributed by atoms with Crippen LogP contribution < -0.4 is 0 Å². The first kappa shape index (κ1) is 15.8. The van der Waals surface area contributed by atoms with E-state index < -0.39 is 20.2 Å². The Hall–Kier alpha value is -1.61. The molecular formula is C12H12F3NO4S. The first-order valence-electron chi connectivity index (χ1n) is 5.95. The van der Waals surface area contributed by atoms with E-state index in [1.807, 2.05) is 0 Å². The van der Waals surface area contributed by atoms with E-state index in [-0.39, 0.29) is 12.7 Å². The first-order chi connectivity index (χ1) is 9.74. The van der Waals surface area contributed by atoms with Crippen molar-refractivity contribution in [3.63, 3.8) is 0 Å². The van der Waals surface area contributed by atoms with Crippen molar-refractivity contribution >= 4 is 16.2 Å². The summed E-state index contributed by atoms with van der Waals surface area (Å²) < 4.78 is 65.3. The summed E-state index contributed by atoms with van der Waals surface area (Å²) in [7, 11) is -5.35. The fourth-order valence-corrected chi connectivity index (χ4v) is 2.64. The molecule has 0 saturated carbocycles. The number of rotatable bonds is 5. The minimum absolute atomic E-state index is 0.0153. The second-order valence-electron chi connectivity index (χ2n) is 4.59. The van der Waals surface area contributed by atoms with E-state index in [9.17, 15) is 26.4 Å². The fraction of sp³-hybridized carbons (Fsp3) is 0.417. The van der Waals surface area contributed by atoms with Gasteiger partial charge in [0.1, 0.15) is 0 Å². The molecule has 0 radical (unpaired) electrons. The number of hydrogen-bond donors (Lipinski definition) is 0. The van der Waals surface area contributed by atoms with Crippen LogP contribution in [0.3, 0.4) is 0 Å². The summed E-state index contributed by atoms with van der Waals surface area (Å²) in [5.41, 5.74) is -5.00. The van der Waals surface area contributed by atoms with Crippen molar-refractivity contribution in [1.82, 2.24) is 4.90 Å². The first-order valence-corrected chi connectivity index (χ1v) is 7.43. The van der Waals surface area contributed by atoms with E-state index in [4.69, 9.17) is 4.74 Å². The molecule has 9 heteroatoms. The van der Waals surface area contributed by atoms with Gasteiger partial charge >= 0.3 is 5.51 Å². The third-order valence-corrected chi connectivity index (χ3v) is 4.51. The zero-order valence-electron chi connectivity index (χ0n) is 10.7. The van der Waals surface area contributed by atoms with Gasteiger partial charge in [0.25, 0.3) is 9.84 Å². The van der Waals surface area contributed by atoms with E-state index in [0.29, 0.717) is 25.1 Å². The number of hydrogen-bond acceptors (Lipinski definition) is 4. The number of alkyl halides is 3. The molecular weight excluding hydrogens is 311 g/mol.